The molecule has 0 atom stereocenters. The minimum absolute atomic E-state index is 0.0690. The molecule has 23 heavy (non-hydrogen) atoms. The van der Waals surface area contributed by atoms with Gasteiger partial charge in [0.2, 0.25) is 6.79 Å². The van der Waals surface area contributed by atoms with Crippen molar-refractivity contribution >= 4 is 11.7 Å². The Morgan fingerprint density at radius 2 is 1.91 bits per heavy atom. The molecule has 0 saturated heterocycles. The van der Waals surface area contributed by atoms with Crippen LogP contribution in [0.5, 0.6) is 17.2 Å². The van der Waals surface area contributed by atoms with Gasteiger partial charge in [0.1, 0.15) is 11.6 Å². The number of hydrogen-bond donors (Lipinski definition) is 0. The van der Waals surface area contributed by atoms with Crippen molar-refractivity contribution in [3.63, 3.8) is 0 Å². The SMILES string of the molecule is [N-]=Nc1cc2c(cc1CCC(=O)Oc1ccc(F)cc1)OCO2. The molecule has 0 unspecified atom stereocenters. The number of fused-ring (bicyclic) bond motifs is 1. The monoisotopic (exact) mass is 315 g/mol. The number of aryl methyl sites for hydroxylation is 1. The standard InChI is InChI=1S/C16H12FN2O4/c17-11-2-4-12(5-3-11)23-16(20)6-1-10-7-14-15(22-9-21-14)8-13(10)19-18/h2-5,7-8H,1,6,9H2/q-1. The van der Waals surface area contributed by atoms with Crippen LogP contribution in [0.2, 0.25) is 0 Å². The summed E-state index contributed by atoms with van der Waals surface area (Å²) >= 11 is 0. The molecule has 0 aliphatic carbocycles. The second-order valence-corrected chi connectivity index (χ2v) is 4.86. The Kier molecular flexibility index (Phi) is 4.18. The highest BCUT2D eigenvalue weighted by Gasteiger charge is 2.17. The Hall–Kier alpha value is -2.96. The van der Waals surface area contributed by atoms with Crippen LogP contribution in [0.15, 0.2) is 41.5 Å². The van der Waals surface area contributed by atoms with E-state index in [9.17, 15) is 9.18 Å². The van der Waals surface area contributed by atoms with E-state index in [1.807, 2.05) is 0 Å². The molecule has 2 aromatic rings. The van der Waals surface area contributed by atoms with E-state index in [2.05, 4.69) is 5.11 Å². The minimum atomic E-state index is -0.474. The minimum Gasteiger partial charge on any atom is -0.706 e. The maximum Gasteiger partial charge on any atom is 0.311 e. The lowest BCUT2D eigenvalue weighted by molar-refractivity contribution is -0.134. The first-order chi connectivity index (χ1) is 11.2. The number of rotatable bonds is 5. The van der Waals surface area contributed by atoms with Gasteiger partial charge in [-0.05, 0) is 42.3 Å². The summed E-state index contributed by atoms with van der Waals surface area (Å²) in [6.07, 6.45) is 0.371. The van der Waals surface area contributed by atoms with Crippen molar-refractivity contribution in [2.75, 3.05) is 6.79 Å². The summed E-state index contributed by atoms with van der Waals surface area (Å²) in [6.45, 7) is 0.107. The van der Waals surface area contributed by atoms with Gasteiger partial charge in [-0.25, -0.2) is 4.39 Å². The summed E-state index contributed by atoms with van der Waals surface area (Å²) < 4.78 is 28.3. The molecule has 0 amide bonds. The average molecular weight is 315 g/mol. The van der Waals surface area contributed by atoms with Crippen LogP contribution in [0.25, 0.3) is 5.53 Å². The van der Waals surface area contributed by atoms with Gasteiger partial charge in [-0.2, -0.15) is 0 Å². The Labute approximate surface area is 131 Å². The summed E-state index contributed by atoms with van der Waals surface area (Å²) in [5.74, 6) is 0.432. The zero-order chi connectivity index (χ0) is 16.2. The Morgan fingerprint density at radius 1 is 1.22 bits per heavy atom. The highest BCUT2D eigenvalue weighted by Crippen LogP contribution is 2.38. The van der Waals surface area contributed by atoms with E-state index in [1.165, 1.54) is 24.3 Å². The van der Waals surface area contributed by atoms with E-state index in [-0.39, 0.29) is 19.0 Å². The lowest BCUT2D eigenvalue weighted by Gasteiger charge is -2.09. The second kappa shape index (κ2) is 6.43. The summed E-state index contributed by atoms with van der Waals surface area (Å²) in [4.78, 5) is 11.8. The van der Waals surface area contributed by atoms with Crippen molar-refractivity contribution in [3.8, 4) is 17.2 Å². The van der Waals surface area contributed by atoms with Crippen molar-refractivity contribution in [3.05, 3.63) is 53.3 Å². The van der Waals surface area contributed by atoms with Crippen LogP contribution in [-0.4, -0.2) is 12.8 Å². The van der Waals surface area contributed by atoms with Gasteiger partial charge in [0.25, 0.3) is 0 Å². The molecule has 0 bridgehead atoms. The first-order valence-corrected chi connectivity index (χ1v) is 6.89. The van der Waals surface area contributed by atoms with Gasteiger partial charge in [-0.15, -0.1) is 0 Å². The smallest absolute Gasteiger partial charge is 0.311 e. The largest absolute Gasteiger partial charge is 0.706 e. The third-order valence-electron chi connectivity index (χ3n) is 3.33. The Bertz CT molecular complexity index is 746. The van der Waals surface area contributed by atoms with Crippen molar-refractivity contribution in [1.29, 1.82) is 0 Å². The number of ether oxygens (including phenoxy) is 3. The van der Waals surface area contributed by atoms with Crippen LogP contribution in [0.4, 0.5) is 10.1 Å². The van der Waals surface area contributed by atoms with Crippen LogP contribution in [0.3, 0.4) is 0 Å². The quantitative estimate of drug-likeness (QED) is 0.478. The molecule has 1 heterocycles. The second-order valence-electron chi connectivity index (χ2n) is 4.86. The predicted molar refractivity (Wildman–Crippen MR) is 78.4 cm³/mol. The van der Waals surface area contributed by atoms with E-state index in [0.29, 0.717) is 29.2 Å². The fraction of sp³-hybridized carbons (Fsp3) is 0.188. The summed E-state index contributed by atoms with van der Waals surface area (Å²) in [6, 6.07) is 8.39. The molecule has 118 valence electrons. The topological polar surface area (TPSA) is 79.4 Å². The van der Waals surface area contributed by atoms with Crippen molar-refractivity contribution in [2.45, 2.75) is 12.8 Å². The lowest BCUT2D eigenvalue weighted by Crippen LogP contribution is -2.09. The maximum atomic E-state index is 12.8. The zero-order valence-electron chi connectivity index (χ0n) is 12.0. The fourth-order valence-electron chi connectivity index (χ4n) is 2.19. The number of nitrogens with zero attached hydrogens (tertiary/aromatic N) is 2. The molecule has 0 aromatic heterocycles. The zero-order valence-corrected chi connectivity index (χ0v) is 12.0. The van der Waals surface area contributed by atoms with Gasteiger partial charge in [-0.1, -0.05) is 0 Å². The average Bonchev–Trinajstić information content (AvgIpc) is 3.01. The van der Waals surface area contributed by atoms with Gasteiger partial charge in [0.15, 0.2) is 11.5 Å². The van der Waals surface area contributed by atoms with Gasteiger partial charge in [0.05, 0.1) is 6.42 Å². The molecule has 7 heteroatoms. The van der Waals surface area contributed by atoms with E-state index in [0.717, 1.165) is 0 Å². The third-order valence-corrected chi connectivity index (χ3v) is 3.33. The van der Waals surface area contributed by atoms with Crippen LogP contribution >= 0.6 is 0 Å². The molecule has 1 aliphatic rings. The van der Waals surface area contributed by atoms with Crippen LogP contribution in [0, 0.1) is 5.82 Å². The summed E-state index contributed by atoms with van der Waals surface area (Å²) in [7, 11) is 0. The first-order valence-electron chi connectivity index (χ1n) is 6.89. The van der Waals surface area contributed by atoms with Crippen molar-refractivity contribution in [2.24, 2.45) is 5.11 Å². The molecule has 0 radical (unpaired) electrons. The van der Waals surface area contributed by atoms with Crippen LogP contribution in [0.1, 0.15) is 12.0 Å². The molecule has 1 aliphatic heterocycles. The Morgan fingerprint density at radius 3 is 2.61 bits per heavy atom. The van der Waals surface area contributed by atoms with Gasteiger partial charge in [0, 0.05) is 11.8 Å². The number of hydrogen-bond acceptors (Lipinski definition) is 5. The van der Waals surface area contributed by atoms with E-state index in [4.69, 9.17) is 19.7 Å². The molecule has 2 aromatic carbocycles. The van der Waals surface area contributed by atoms with E-state index >= 15 is 0 Å². The molecular formula is C16H12FN2O4-. The third kappa shape index (κ3) is 3.45. The number of carbonyl (C=O) groups is 1. The molecule has 0 N–H and O–H groups in total. The predicted octanol–water partition coefficient (Wildman–Crippen LogP) is 3.75. The van der Waals surface area contributed by atoms with E-state index < -0.39 is 11.8 Å². The number of benzene rings is 2. The molecule has 0 saturated carbocycles. The number of carbonyl (C=O) groups excluding carboxylic acids is 1. The molecular weight excluding hydrogens is 303 g/mol. The maximum absolute atomic E-state index is 12.8. The number of halogens is 1. The molecule has 0 spiro atoms. The Balaban J connectivity index is 1.64. The van der Waals surface area contributed by atoms with E-state index in [1.54, 1.807) is 12.1 Å². The summed E-state index contributed by atoms with van der Waals surface area (Å²) in [5.41, 5.74) is 9.99. The fourth-order valence-corrected chi connectivity index (χ4v) is 2.19. The highest BCUT2D eigenvalue weighted by atomic mass is 19.1. The summed E-state index contributed by atoms with van der Waals surface area (Å²) in [5, 5.41) is 3.19. The van der Waals surface area contributed by atoms with Crippen molar-refractivity contribution < 1.29 is 23.4 Å². The van der Waals surface area contributed by atoms with Crippen LogP contribution < -0.4 is 14.2 Å². The molecule has 0 fully saturated rings. The lowest BCUT2D eigenvalue weighted by atomic mass is 10.1. The van der Waals surface area contributed by atoms with Gasteiger partial charge >= 0.3 is 5.97 Å². The van der Waals surface area contributed by atoms with Crippen molar-refractivity contribution in [1.82, 2.24) is 0 Å². The van der Waals surface area contributed by atoms with Crippen LogP contribution in [-0.2, 0) is 11.2 Å². The van der Waals surface area contributed by atoms with Gasteiger partial charge < -0.3 is 24.9 Å². The normalized spacial score (nSPS) is 12.0. The highest BCUT2D eigenvalue weighted by molar-refractivity contribution is 5.73. The molecule has 3 rings (SSSR count). The first kappa shape index (κ1) is 15.0. The molecule has 6 nitrogen and oxygen atoms in total. The van der Waals surface area contributed by atoms with Gasteiger partial charge in [-0.3, -0.25) is 4.79 Å². The number of esters is 1.